The number of halogens is 2. The smallest absolute Gasteiger partial charge is 0.334 e. The molecule has 2 aromatic heterocycles. The fourth-order valence-corrected chi connectivity index (χ4v) is 4.14. The predicted molar refractivity (Wildman–Crippen MR) is 129 cm³/mol. The Morgan fingerprint density at radius 2 is 1.91 bits per heavy atom. The Bertz CT molecular complexity index is 1450. The third-order valence-corrected chi connectivity index (χ3v) is 5.80. The number of nitrogens with one attached hydrogen (secondary N) is 1. The number of carbonyl (C=O) groups is 1. The first-order valence-corrected chi connectivity index (χ1v) is 10.8. The number of fused-ring (bicyclic) bond motifs is 1. The molecule has 5 rings (SSSR count). The van der Waals surface area contributed by atoms with Crippen LogP contribution in [-0.2, 0) is 9.53 Å². The van der Waals surface area contributed by atoms with Crippen LogP contribution in [-0.4, -0.2) is 47.0 Å². The van der Waals surface area contributed by atoms with Gasteiger partial charge in [-0.25, -0.2) is 19.8 Å². The van der Waals surface area contributed by atoms with Crippen molar-refractivity contribution in [3.05, 3.63) is 64.4 Å². The van der Waals surface area contributed by atoms with Gasteiger partial charge >= 0.3 is 5.97 Å². The van der Waals surface area contributed by atoms with E-state index in [9.17, 15) is 4.79 Å². The van der Waals surface area contributed by atoms with Crippen molar-refractivity contribution in [3.8, 4) is 22.8 Å². The molecule has 1 N–H and O–H groups in total. The first-order valence-electron chi connectivity index (χ1n) is 10.1. The van der Waals surface area contributed by atoms with Crippen LogP contribution in [0.1, 0.15) is 5.56 Å². The summed E-state index contributed by atoms with van der Waals surface area (Å²) in [7, 11) is 3.05. The Hall–Kier alpha value is -3.82. The van der Waals surface area contributed by atoms with Gasteiger partial charge in [-0.1, -0.05) is 29.3 Å². The van der Waals surface area contributed by atoms with E-state index < -0.39 is 5.97 Å². The molecule has 2 aromatic carbocycles. The van der Waals surface area contributed by atoms with Gasteiger partial charge in [0.05, 0.1) is 41.1 Å². The highest BCUT2D eigenvalue weighted by Gasteiger charge is 2.29. The van der Waals surface area contributed by atoms with E-state index in [0.29, 0.717) is 55.6 Å². The Kier molecular flexibility index (Phi) is 5.72. The summed E-state index contributed by atoms with van der Waals surface area (Å²) >= 11 is 12.9. The van der Waals surface area contributed by atoms with Gasteiger partial charge in [0.2, 0.25) is 11.7 Å². The van der Waals surface area contributed by atoms with Gasteiger partial charge in [-0.2, -0.15) is 0 Å². The van der Waals surface area contributed by atoms with Crippen molar-refractivity contribution in [2.24, 2.45) is 4.99 Å². The van der Waals surface area contributed by atoms with Crippen LogP contribution in [0, 0.1) is 0 Å². The molecule has 1 aliphatic rings. The zero-order valence-electron chi connectivity index (χ0n) is 18.0. The zero-order chi connectivity index (χ0) is 23.8. The fourth-order valence-electron chi connectivity index (χ4n) is 3.65. The van der Waals surface area contributed by atoms with Crippen LogP contribution >= 0.6 is 23.2 Å². The third kappa shape index (κ3) is 3.78. The van der Waals surface area contributed by atoms with Crippen molar-refractivity contribution in [2.45, 2.75) is 0 Å². The molecule has 34 heavy (non-hydrogen) atoms. The lowest BCUT2D eigenvalue weighted by Crippen LogP contribution is -2.09. The molecule has 0 amide bonds. The number of cyclic esters (lactones) is 1. The number of para-hydroxylation sites is 1. The normalized spacial score (nSPS) is 13.1. The lowest BCUT2D eigenvalue weighted by atomic mass is 10.0. The highest BCUT2D eigenvalue weighted by atomic mass is 35.5. The van der Waals surface area contributed by atoms with Crippen LogP contribution in [0.15, 0.2) is 53.8 Å². The summed E-state index contributed by atoms with van der Waals surface area (Å²) in [6, 6.07) is 10.4. The van der Waals surface area contributed by atoms with Crippen molar-refractivity contribution in [1.29, 1.82) is 0 Å². The topological polar surface area (TPSA) is 99.3 Å². The van der Waals surface area contributed by atoms with Gasteiger partial charge in [0.25, 0.3) is 0 Å². The average Bonchev–Trinajstić information content (AvgIpc) is 3.44. The van der Waals surface area contributed by atoms with E-state index in [4.69, 9.17) is 42.4 Å². The Morgan fingerprint density at radius 1 is 1.12 bits per heavy atom. The first kappa shape index (κ1) is 22.0. The fraction of sp³-hybridized carbons (Fsp3) is 0.130. The number of anilines is 2. The van der Waals surface area contributed by atoms with Crippen LogP contribution in [0.5, 0.6) is 11.5 Å². The second-order valence-electron chi connectivity index (χ2n) is 7.17. The van der Waals surface area contributed by atoms with Gasteiger partial charge in [-0.3, -0.25) is 4.40 Å². The van der Waals surface area contributed by atoms with Crippen LogP contribution in [0.3, 0.4) is 0 Å². The van der Waals surface area contributed by atoms with Gasteiger partial charge < -0.3 is 19.5 Å². The maximum Gasteiger partial charge on any atom is 0.334 e. The van der Waals surface area contributed by atoms with Gasteiger partial charge in [0.1, 0.15) is 29.6 Å². The van der Waals surface area contributed by atoms with E-state index in [2.05, 4.69) is 15.3 Å². The number of ether oxygens (including phenoxy) is 3. The molecule has 0 spiro atoms. The molecular weight excluding hydrogens is 481 g/mol. The molecule has 9 nitrogen and oxygen atoms in total. The summed E-state index contributed by atoms with van der Waals surface area (Å²) in [6.07, 6.45) is 3.43. The molecule has 0 atom stereocenters. The van der Waals surface area contributed by atoms with Crippen molar-refractivity contribution >= 4 is 52.4 Å². The SMILES string of the molecule is COc1cc(OC)c(-c2nc3ncccn3c2Nc2c(Cl)cccc2Cl)c(C2=NCC(=O)O2)c1. The highest BCUT2D eigenvalue weighted by molar-refractivity contribution is 6.39. The molecule has 0 fully saturated rings. The largest absolute Gasteiger partial charge is 0.497 e. The van der Waals surface area contributed by atoms with E-state index in [0.717, 1.165) is 0 Å². The molecule has 0 radical (unpaired) electrons. The minimum Gasteiger partial charge on any atom is -0.497 e. The van der Waals surface area contributed by atoms with E-state index in [-0.39, 0.29) is 12.4 Å². The molecule has 4 aromatic rings. The van der Waals surface area contributed by atoms with E-state index in [1.165, 1.54) is 14.2 Å². The van der Waals surface area contributed by atoms with Crippen LogP contribution < -0.4 is 14.8 Å². The number of benzene rings is 2. The molecule has 0 aliphatic carbocycles. The number of hydrogen-bond donors (Lipinski definition) is 1. The highest BCUT2D eigenvalue weighted by Crippen LogP contribution is 2.43. The lowest BCUT2D eigenvalue weighted by molar-refractivity contribution is -0.132. The molecular formula is C23H17Cl2N5O4. The van der Waals surface area contributed by atoms with E-state index in [1.54, 1.807) is 53.2 Å². The summed E-state index contributed by atoms with van der Waals surface area (Å²) < 4.78 is 18.2. The second-order valence-corrected chi connectivity index (χ2v) is 7.98. The number of aromatic nitrogens is 3. The molecule has 0 saturated carbocycles. The standard InChI is InChI=1S/C23H17Cl2N5O4/c1-32-12-9-13(22-27-11-17(31)34-22)18(16(10-12)33-2)20-21(30-8-4-7-26-23(30)29-20)28-19-14(24)5-3-6-15(19)25/h3-10,28H,11H2,1-2H3. The van der Waals surface area contributed by atoms with Crippen molar-refractivity contribution in [1.82, 2.24) is 14.4 Å². The third-order valence-electron chi connectivity index (χ3n) is 5.17. The Morgan fingerprint density at radius 3 is 2.59 bits per heavy atom. The zero-order valence-corrected chi connectivity index (χ0v) is 19.5. The lowest BCUT2D eigenvalue weighted by Gasteiger charge is -2.17. The second kappa shape index (κ2) is 8.85. The monoisotopic (exact) mass is 497 g/mol. The molecule has 3 heterocycles. The number of rotatable bonds is 6. The summed E-state index contributed by atoms with van der Waals surface area (Å²) in [6.45, 7) is -0.0820. The first-order chi connectivity index (χ1) is 16.5. The molecule has 0 unspecified atom stereocenters. The van der Waals surface area contributed by atoms with Gasteiger partial charge in [-0.05, 0) is 24.3 Å². The van der Waals surface area contributed by atoms with Gasteiger partial charge in [0.15, 0.2) is 0 Å². The van der Waals surface area contributed by atoms with Crippen molar-refractivity contribution in [3.63, 3.8) is 0 Å². The van der Waals surface area contributed by atoms with Crippen LogP contribution in [0.4, 0.5) is 11.5 Å². The summed E-state index contributed by atoms with van der Waals surface area (Å²) in [5.74, 6) is 1.54. The summed E-state index contributed by atoms with van der Waals surface area (Å²) in [5.41, 5.74) is 1.94. The summed E-state index contributed by atoms with van der Waals surface area (Å²) in [5, 5.41) is 4.15. The Labute approximate surface area is 203 Å². The number of aliphatic imine (C=N–C) groups is 1. The van der Waals surface area contributed by atoms with Crippen LogP contribution in [0.25, 0.3) is 17.0 Å². The quantitative estimate of drug-likeness (QED) is 0.383. The predicted octanol–water partition coefficient (Wildman–Crippen LogP) is 4.77. The van der Waals surface area contributed by atoms with Crippen molar-refractivity contribution < 1.29 is 19.0 Å². The van der Waals surface area contributed by atoms with E-state index in [1.807, 2.05) is 0 Å². The average molecular weight is 498 g/mol. The molecule has 1 aliphatic heterocycles. The molecule has 172 valence electrons. The molecule has 0 bridgehead atoms. The number of nitrogens with zero attached hydrogens (tertiary/aromatic N) is 4. The maximum atomic E-state index is 11.8. The van der Waals surface area contributed by atoms with E-state index >= 15 is 0 Å². The molecule has 0 saturated heterocycles. The minimum absolute atomic E-state index is 0.0820. The van der Waals surface area contributed by atoms with Gasteiger partial charge in [0, 0.05) is 18.5 Å². The van der Waals surface area contributed by atoms with Gasteiger partial charge in [-0.15, -0.1) is 0 Å². The number of imidazole rings is 1. The maximum absolute atomic E-state index is 11.8. The molecule has 11 heteroatoms. The number of esters is 1. The number of methoxy groups -OCH3 is 2. The Balaban J connectivity index is 1.80. The van der Waals surface area contributed by atoms with Crippen molar-refractivity contribution in [2.75, 3.05) is 26.1 Å². The minimum atomic E-state index is -0.458. The number of hydrogen-bond acceptors (Lipinski definition) is 8. The summed E-state index contributed by atoms with van der Waals surface area (Å²) in [4.78, 5) is 25.2. The number of carbonyl (C=O) groups excluding carboxylic acids is 1. The van der Waals surface area contributed by atoms with Crippen LogP contribution in [0.2, 0.25) is 10.0 Å².